The van der Waals surface area contributed by atoms with E-state index in [1.54, 1.807) is 45.6 Å². The molecule has 0 bridgehead atoms. The molecule has 0 aliphatic heterocycles. The predicted octanol–water partition coefficient (Wildman–Crippen LogP) is 2.32. The standard InChI is InChI=1S/C16H19N3O3S/c1-5-23(21)18-12-6-7-15(22-4)13(9-12)11-8-14(17-2)16(20)19(3)10-11/h5-10,17-18H,1H2,2-4H3. The highest BCUT2D eigenvalue weighted by Gasteiger charge is 2.11. The molecule has 1 aromatic heterocycles. The second kappa shape index (κ2) is 7.15. The molecule has 0 fully saturated rings. The molecule has 0 aliphatic rings. The number of aryl methyl sites for hydroxylation is 1. The van der Waals surface area contributed by atoms with Gasteiger partial charge in [0.2, 0.25) is 0 Å². The Morgan fingerprint density at radius 3 is 2.70 bits per heavy atom. The Balaban J connectivity index is 2.59. The minimum atomic E-state index is -1.36. The number of benzene rings is 1. The van der Waals surface area contributed by atoms with Crippen molar-refractivity contribution in [1.29, 1.82) is 0 Å². The normalized spacial score (nSPS) is 11.6. The van der Waals surface area contributed by atoms with Crippen molar-refractivity contribution in [3.05, 3.63) is 52.8 Å². The fourth-order valence-corrected chi connectivity index (χ4v) is 2.64. The summed E-state index contributed by atoms with van der Waals surface area (Å²) in [5.74, 6) is 0.653. The number of aromatic nitrogens is 1. The van der Waals surface area contributed by atoms with E-state index < -0.39 is 11.0 Å². The van der Waals surface area contributed by atoms with E-state index in [1.165, 1.54) is 9.98 Å². The molecule has 122 valence electrons. The van der Waals surface area contributed by atoms with Crippen molar-refractivity contribution in [3.8, 4) is 16.9 Å². The van der Waals surface area contributed by atoms with E-state index >= 15 is 0 Å². The van der Waals surface area contributed by atoms with Crippen LogP contribution in [0.2, 0.25) is 0 Å². The summed E-state index contributed by atoms with van der Waals surface area (Å²) in [6.45, 7) is 3.48. The van der Waals surface area contributed by atoms with Crippen LogP contribution in [-0.2, 0) is 18.0 Å². The molecule has 1 aromatic carbocycles. The van der Waals surface area contributed by atoms with Gasteiger partial charge < -0.3 is 19.3 Å². The number of ether oxygens (including phenoxy) is 1. The van der Waals surface area contributed by atoms with Gasteiger partial charge in [-0.15, -0.1) is 0 Å². The van der Waals surface area contributed by atoms with Gasteiger partial charge in [0.05, 0.1) is 7.11 Å². The molecule has 0 saturated heterocycles. The number of hydrogen-bond donors (Lipinski definition) is 2. The minimum absolute atomic E-state index is 0.114. The Kier molecular flexibility index (Phi) is 5.23. The molecule has 0 aliphatic carbocycles. The second-order valence-electron chi connectivity index (χ2n) is 4.79. The zero-order chi connectivity index (χ0) is 17.0. The van der Waals surface area contributed by atoms with Gasteiger partial charge in [-0.2, -0.15) is 0 Å². The van der Waals surface area contributed by atoms with Gasteiger partial charge in [-0.25, -0.2) is 4.21 Å². The molecular formula is C16H19N3O3S. The molecule has 2 aromatic rings. The van der Waals surface area contributed by atoms with Crippen LogP contribution in [0.5, 0.6) is 5.75 Å². The molecule has 1 heterocycles. The van der Waals surface area contributed by atoms with E-state index in [2.05, 4.69) is 16.6 Å². The number of rotatable bonds is 6. The largest absolute Gasteiger partial charge is 0.496 e. The van der Waals surface area contributed by atoms with Crippen molar-refractivity contribution in [2.75, 3.05) is 24.2 Å². The first-order valence-electron chi connectivity index (χ1n) is 6.86. The van der Waals surface area contributed by atoms with Crippen LogP contribution in [0.1, 0.15) is 0 Å². The van der Waals surface area contributed by atoms with Crippen LogP contribution in [0.3, 0.4) is 0 Å². The third-order valence-corrected chi connectivity index (χ3v) is 4.07. The molecule has 0 spiro atoms. The second-order valence-corrected chi connectivity index (χ2v) is 5.92. The smallest absolute Gasteiger partial charge is 0.273 e. The Morgan fingerprint density at radius 1 is 1.35 bits per heavy atom. The first-order chi connectivity index (χ1) is 11.0. The van der Waals surface area contributed by atoms with Crippen LogP contribution in [0.4, 0.5) is 11.4 Å². The summed E-state index contributed by atoms with van der Waals surface area (Å²) in [5.41, 5.74) is 2.63. The number of methoxy groups -OCH3 is 1. The van der Waals surface area contributed by atoms with Gasteiger partial charge in [0.1, 0.15) is 22.4 Å². The van der Waals surface area contributed by atoms with Crippen LogP contribution in [0.25, 0.3) is 11.1 Å². The maximum atomic E-state index is 12.0. The van der Waals surface area contributed by atoms with Crippen molar-refractivity contribution in [2.45, 2.75) is 0 Å². The van der Waals surface area contributed by atoms with Gasteiger partial charge in [0.15, 0.2) is 0 Å². The highest BCUT2D eigenvalue weighted by molar-refractivity contribution is 7.89. The fraction of sp³-hybridized carbons (Fsp3) is 0.188. The van der Waals surface area contributed by atoms with Crippen LogP contribution in [0, 0.1) is 0 Å². The molecule has 23 heavy (non-hydrogen) atoms. The predicted molar refractivity (Wildman–Crippen MR) is 95.2 cm³/mol. The van der Waals surface area contributed by atoms with E-state index in [-0.39, 0.29) is 5.56 Å². The van der Waals surface area contributed by atoms with E-state index in [4.69, 9.17) is 4.74 Å². The van der Waals surface area contributed by atoms with Crippen LogP contribution in [0.15, 0.2) is 47.2 Å². The zero-order valence-corrected chi connectivity index (χ0v) is 14.1. The fourth-order valence-electron chi connectivity index (χ4n) is 2.19. The third kappa shape index (κ3) is 3.62. The molecule has 6 nitrogen and oxygen atoms in total. The van der Waals surface area contributed by atoms with Gasteiger partial charge in [0.25, 0.3) is 5.56 Å². The van der Waals surface area contributed by atoms with Crippen molar-refractivity contribution in [3.63, 3.8) is 0 Å². The highest BCUT2D eigenvalue weighted by Crippen LogP contribution is 2.33. The van der Waals surface area contributed by atoms with Crippen molar-refractivity contribution in [1.82, 2.24) is 4.57 Å². The van der Waals surface area contributed by atoms with Crippen LogP contribution >= 0.6 is 0 Å². The third-order valence-electron chi connectivity index (χ3n) is 3.33. The van der Waals surface area contributed by atoms with E-state index in [0.29, 0.717) is 17.1 Å². The van der Waals surface area contributed by atoms with Crippen molar-refractivity contribution >= 4 is 22.4 Å². The van der Waals surface area contributed by atoms with Gasteiger partial charge in [-0.05, 0) is 24.3 Å². The Bertz CT molecular complexity index is 815. The van der Waals surface area contributed by atoms with Gasteiger partial charge in [0, 0.05) is 42.5 Å². The zero-order valence-electron chi connectivity index (χ0n) is 13.3. The lowest BCUT2D eigenvalue weighted by Crippen LogP contribution is -2.19. The average Bonchev–Trinajstić information content (AvgIpc) is 2.57. The molecule has 2 rings (SSSR count). The summed E-state index contributed by atoms with van der Waals surface area (Å²) in [6, 6.07) is 7.13. The highest BCUT2D eigenvalue weighted by atomic mass is 32.2. The number of nitrogens with one attached hydrogen (secondary N) is 2. The topological polar surface area (TPSA) is 72.4 Å². The lowest BCUT2D eigenvalue weighted by atomic mass is 10.1. The molecule has 2 N–H and O–H groups in total. The lowest BCUT2D eigenvalue weighted by Gasteiger charge is -2.13. The maximum Gasteiger partial charge on any atom is 0.273 e. The van der Waals surface area contributed by atoms with E-state index in [0.717, 1.165) is 11.1 Å². The average molecular weight is 333 g/mol. The van der Waals surface area contributed by atoms with Crippen molar-refractivity contribution in [2.24, 2.45) is 7.05 Å². The minimum Gasteiger partial charge on any atom is -0.496 e. The number of pyridine rings is 1. The van der Waals surface area contributed by atoms with Crippen molar-refractivity contribution < 1.29 is 8.95 Å². The Hall–Kier alpha value is -2.54. The van der Waals surface area contributed by atoms with E-state index in [1.807, 2.05) is 6.07 Å². The van der Waals surface area contributed by atoms with Gasteiger partial charge in [-0.3, -0.25) is 4.79 Å². The number of nitrogens with zero attached hydrogens (tertiary/aromatic N) is 1. The molecule has 1 atom stereocenters. The molecule has 1 unspecified atom stereocenters. The Morgan fingerprint density at radius 2 is 2.09 bits per heavy atom. The Labute approximate surface area is 137 Å². The molecule has 0 amide bonds. The van der Waals surface area contributed by atoms with Crippen LogP contribution in [-0.4, -0.2) is 22.9 Å². The monoisotopic (exact) mass is 333 g/mol. The van der Waals surface area contributed by atoms with E-state index in [9.17, 15) is 9.00 Å². The molecule has 7 heteroatoms. The quantitative estimate of drug-likeness (QED) is 0.851. The first-order valence-corrected chi connectivity index (χ1v) is 8.08. The number of anilines is 2. The summed E-state index contributed by atoms with van der Waals surface area (Å²) < 4.78 is 21.3. The summed E-state index contributed by atoms with van der Waals surface area (Å²) in [6.07, 6.45) is 1.73. The first kappa shape index (κ1) is 16.8. The van der Waals surface area contributed by atoms with Gasteiger partial charge >= 0.3 is 0 Å². The summed E-state index contributed by atoms with van der Waals surface area (Å²) in [5, 5.41) is 4.20. The SMILES string of the molecule is C=CS(=O)Nc1ccc(OC)c(-c2cc(NC)c(=O)n(C)c2)c1. The molecular weight excluding hydrogens is 314 g/mol. The number of hydrogen-bond acceptors (Lipinski definition) is 4. The molecule has 0 radical (unpaired) electrons. The molecule has 0 saturated carbocycles. The summed E-state index contributed by atoms with van der Waals surface area (Å²) in [4.78, 5) is 12.0. The summed E-state index contributed by atoms with van der Waals surface area (Å²) >= 11 is 0. The summed E-state index contributed by atoms with van der Waals surface area (Å²) in [7, 11) is 3.60. The van der Waals surface area contributed by atoms with Gasteiger partial charge in [-0.1, -0.05) is 6.58 Å². The lowest BCUT2D eigenvalue weighted by molar-refractivity contribution is 0.416. The maximum absolute atomic E-state index is 12.0. The van der Waals surface area contributed by atoms with Crippen LogP contribution < -0.4 is 20.3 Å².